The Morgan fingerprint density at radius 3 is 2.28 bits per heavy atom. The zero-order valence-electron chi connectivity index (χ0n) is 9.99. The maximum Gasteiger partial charge on any atom is 0.270 e. The van der Waals surface area contributed by atoms with E-state index in [9.17, 15) is 8.78 Å². The maximum atomic E-state index is 13.2. The van der Waals surface area contributed by atoms with Crippen LogP contribution < -0.4 is 10.5 Å². The second-order valence-corrected chi connectivity index (χ2v) is 4.16. The fourth-order valence-corrected chi connectivity index (χ4v) is 1.53. The number of rotatable bonds is 3. The molecule has 4 heteroatoms. The molecule has 2 aromatic rings. The summed E-state index contributed by atoms with van der Waals surface area (Å²) in [6, 6.07) is 13.0. The first-order chi connectivity index (χ1) is 8.45. The number of ether oxygens (including phenoxy) is 1. The molecule has 2 rings (SSSR count). The number of halogens is 2. The number of quaternary nitrogens is 1. The summed E-state index contributed by atoms with van der Waals surface area (Å²) in [6.45, 7) is 0.865. The van der Waals surface area contributed by atoms with E-state index in [2.05, 4.69) is 5.73 Å². The molecule has 0 unspecified atom stereocenters. The zero-order chi connectivity index (χ0) is 13.2. The van der Waals surface area contributed by atoms with Gasteiger partial charge < -0.3 is 10.5 Å². The quantitative estimate of drug-likeness (QED) is 0.889. The van der Waals surface area contributed by atoms with Crippen LogP contribution in [0.1, 0.15) is 12.5 Å². The van der Waals surface area contributed by atoms with Gasteiger partial charge in [-0.15, -0.1) is 0 Å². The molecule has 94 valence electrons. The highest BCUT2D eigenvalue weighted by Gasteiger charge is 2.24. The maximum absolute atomic E-state index is 13.2. The molecule has 0 amide bonds. The van der Waals surface area contributed by atoms with Crippen LogP contribution in [0.5, 0.6) is 11.5 Å². The van der Waals surface area contributed by atoms with Crippen LogP contribution in [0.2, 0.25) is 0 Å². The molecular formula is C14H14F2NO+. The van der Waals surface area contributed by atoms with Crippen molar-refractivity contribution in [3.05, 3.63) is 54.1 Å². The van der Waals surface area contributed by atoms with Gasteiger partial charge in [-0.3, -0.25) is 0 Å². The first-order valence-corrected chi connectivity index (χ1v) is 5.53. The molecule has 0 saturated carbocycles. The summed E-state index contributed by atoms with van der Waals surface area (Å²) in [6.07, 6.45) is 0. The molecule has 0 spiro atoms. The summed E-state index contributed by atoms with van der Waals surface area (Å²) in [5, 5.41) is 0. The molecule has 0 heterocycles. The average molecular weight is 250 g/mol. The average Bonchev–Trinajstić information content (AvgIpc) is 2.31. The zero-order valence-corrected chi connectivity index (χ0v) is 9.99. The van der Waals surface area contributed by atoms with Crippen molar-refractivity contribution >= 4 is 5.69 Å². The summed E-state index contributed by atoms with van der Waals surface area (Å²) in [7, 11) is 0. The third kappa shape index (κ3) is 3.05. The molecule has 0 aliphatic carbocycles. The number of hydrogen-bond donors (Lipinski definition) is 1. The Labute approximate surface area is 104 Å². The van der Waals surface area contributed by atoms with Crippen LogP contribution in [0.15, 0.2) is 48.5 Å². The second-order valence-electron chi connectivity index (χ2n) is 4.16. The van der Waals surface area contributed by atoms with Crippen LogP contribution in [-0.2, 0) is 5.92 Å². The smallest absolute Gasteiger partial charge is 0.270 e. The van der Waals surface area contributed by atoms with Crippen LogP contribution >= 0.6 is 0 Å². The fraction of sp³-hybridized carbons (Fsp3) is 0.143. The molecule has 0 radical (unpaired) electrons. The molecule has 0 aromatic heterocycles. The van der Waals surface area contributed by atoms with Gasteiger partial charge in [0.1, 0.15) is 17.2 Å². The standard InChI is InChI=1S/C14H13F2NO/c1-14(15,16)10-3-2-4-13(9-10)18-12-7-5-11(17)6-8-12/h2-9H,17H2,1H3/p+1. The molecular weight excluding hydrogens is 236 g/mol. The van der Waals surface area contributed by atoms with Gasteiger partial charge in [0.05, 0.1) is 0 Å². The third-order valence-electron chi connectivity index (χ3n) is 2.50. The molecule has 0 bridgehead atoms. The number of alkyl halides is 2. The van der Waals surface area contributed by atoms with Crippen molar-refractivity contribution in [3.8, 4) is 11.5 Å². The van der Waals surface area contributed by atoms with E-state index in [4.69, 9.17) is 4.74 Å². The molecule has 18 heavy (non-hydrogen) atoms. The first-order valence-electron chi connectivity index (χ1n) is 5.53. The Morgan fingerprint density at radius 1 is 1.00 bits per heavy atom. The van der Waals surface area contributed by atoms with Crippen molar-refractivity contribution in [1.29, 1.82) is 0 Å². The van der Waals surface area contributed by atoms with E-state index in [0.29, 0.717) is 11.5 Å². The van der Waals surface area contributed by atoms with Crippen LogP contribution in [0.3, 0.4) is 0 Å². The Bertz CT molecular complexity index is 532. The minimum absolute atomic E-state index is 0.0613. The van der Waals surface area contributed by atoms with Crippen molar-refractivity contribution in [3.63, 3.8) is 0 Å². The van der Waals surface area contributed by atoms with Gasteiger partial charge in [-0.1, -0.05) is 12.1 Å². The lowest BCUT2D eigenvalue weighted by Gasteiger charge is -2.12. The first kappa shape index (κ1) is 12.5. The van der Waals surface area contributed by atoms with E-state index in [1.165, 1.54) is 12.1 Å². The summed E-state index contributed by atoms with van der Waals surface area (Å²) in [4.78, 5) is 0. The summed E-state index contributed by atoms with van der Waals surface area (Å²) < 4.78 is 31.8. The fourth-order valence-electron chi connectivity index (χ4n) is 1.53. The van der Waals surface area contributed by atoms with Gasteiger partial charge in [-0.2, -0.15) is 0 Å². The Kier molecular flexibility index (Phi) is 3.30. The van der Waals surface area contributed by atoms with Crippen LogP contribution in [0.4, 0.5) is 14.5 Å². The largest absolute Gasteiger partial charge is 0.457 e. The van der Waals surface area contributed by atoms with Crippen molar-refractivity contribution in [2.24, 2.45) is 0 Å². The van der Waals surface area contributed by atoms with E-state index in [0.717, 1.165) is 12.6 Å². The van der Waals surface area contributed by atoms with Crippen molar-refractivity contribution < 1.29 is 19.3 Å². The van der Waals surface area contributed by atoms with E-state index in [1.54, 1.807) is 36.4 Å². The van der Waals surface area contributed by atoms with Gasteiger partial charge in [-0.25, -0.2) is 8.78 Å². The van der Waals surface area contributed by atoms with Crippen LogP contribution in [0, 0.1) is 0 Å². The van der Waals surface area contributed by atoms with Crippen LogP contribution in [0.25, 0.3) is 0 Å². The molecule has 0 fully saturated rings. The van der Waals surface area contributed by atoms with Crippen molar-refractivity contribution in [2.75, 3.05) is 0 Å². The predicted molar refractivity (Wildman–Crippen MR) is 65.1 cm³/mol. The highest BCUT2D eigenvalue weighted by Crippen LogP contribution is 2.31. The Balaban J connectivity index is 2.22. The second kappa shape index (κ2) is 4.74. The van der Waals surface area contributed by atoms with Gasteiger partial charge >= 0.3 is 0 Å². The predicted octanol–water partition coefficient (Wildman–Crippen LogP) is 3.46. The summed E-state index contributed by atoms with van der Waals surface area (Å²) in [5.41, 5.74) is 4.57. The third-order valence-corrected chi connectivity index (χ3v) is 2.50. The van der Waals surface area contributed by atoms with Gasteiger partial charge in [0.2, 0.25) is 0 Å². The number of benzene rings is 2. The van der Waals surface area contributed by atoms with Crippen molar-refractivity contribution in [1.82, 2.24) is 0 Å². The van der Waals surface area contributed by atoms with E-state index in [-0.39, 0.29) is 5.56 Å². The van der Waals surface area contributed by atoms with E-state index < -0.39 is 5.92 Å². The molecule has 2 aromatic carbocycles. The van der Waals surface area contributed by atoms with Crippen molar-refractivity contribution in [2.45, 2.75) is 12.8 Å². The van der Waals surface area contributed by atoms with Gasteiger partial charge in [0.25, 0.3) is 5.92 Å². The SMILES string of the molecule is CC(F)(F)c1cccc(Oc2ccc([NH3+])cc2)c1. The Hall–Kier alpha value is -1.94. The minimum Gasteiger partial charge on any atom is -0.457 e. The molecule has 0 saturated heterocycles. The summed E-state index contributed by atoms with van der Waals surface area (Å²) in [5.74, 6) is -1.87. The van der Waals surface area contributed by atoms with Gasteiger partial charge in [-0.05, 0) is 24.3 Å². The molecule has 0 aliphatic heterocycles. The summed E-state index contributed by atoms with van der Waals surface area (Å²) >= 11 is 0. The highest BCUT2D eigenvalue weighted by atomic mass is 19.3. The van der Waals surface area contributed by atoms with Gasteiger partial charge in [0, 0.05) is 24.6 Å². The van der Waals surface area contributed by atoms with Crippen LogP contribution in [-0.4, -0.2) is 0 Å². The monoisotopic (exact) mass is 250 g/mol. The highest BCUT2D eigenvalue weighted by molar-refractivity contribution is 5.39. The van der Waals surface area contributed by atoms with E-state index >= 15 is 0 Å². The molecule has 3 N–H and O–H groups in total. The lowest BCUT2D eigenvalue weighted by atomic mass is 10.1. The minimum atomic E-state index is -2.86. The Morgan fingerprint density at radius 2 is 1.67 bits per heavy atom. The number of hydrogen-bond acceptors (Lipinski definition) is 1. The molecule has 0 aliphatic rings. The molecule has 2 nitrogen and oxygen atoms in total. The van der Waals surface area contributed by atoms with E-state index in [1.807, 2.05) is 0 Å². The topological polar surface area (TPSA) is 36.9 Å². The molecule has 0 atom stereocenters. The lowest BCUT2D eigenvalue weighted by molar-refractivity contribution is -0.254. The lowest BCUT2D eigenvalue weighted by Crippen LogP contribution is -2.39. The normalized spacial score (nSPS) is 11.3. The van der Waals surface area contributed by atoms with Gasteiger partial charge in [0.15, 0.2) is 0 Å².